The van der Waals surface area contributed by atoms with Gasteiger partial charge in [-0.05, 0) is 64.3 Å². The third kappa shape index (κ3) is 10.3. The highest BCUT2D eigenvalue weighted by Gasteiger charge is 2.13. The van der Waals surface area contributed by atoms with Gasteiger partial charge in [-0.1, -0.05) is 36.9 Å². The fraction of sp³-hybridized carbons (Fsp3) is 0.385. The predicted molar refractivity (Wildman–Crippen MR) is 136 cm³/mol. The standard InChI is InChI=1S/C23H27N3O3.C3H9N/c1-3-29-13-11-26-17-25-22(15-23(26)28)21-10-5-4-9-20(21)18(2)14-19(16-24)8-6-7-12-27;1-4(2)3/h4-7,9-10,12,15-17,19,24H,2-3,8,11,13-14H2,1H3;1-3H3/b7-6+,24-16?;. The van der Waals surface area contributed by atoms with Gasteiger partial charge in [0.1, 0.15) is 6.29 Å². The Morgan fingerprint density at radius 1 is 1.30 bits per heavy atom. The molecule has 1 aromatic carbocycles. The van der Waals surface area contributed by atoms with E-state index in [-0.39, 0.29) is 11.5 Å². The van der Waals surface area contributed by atoms with Crippen molar-refractivity contribution < 1.29 is 9.53 Å². The van der Waals surface area contributed by atoms with Crippen LogP contribution in [0.4, 0.5) is 0 Å². The van der Waals surface area contributed by atoms with E-state index in [2.05, 4.69) is 11.6 Å². The highest BCUT2D eigenvalue weighted by molar-refractivity contribution is 5.80. The molecule has 0 aliphatic rings. The molecule has 0 spiro atoms. The summed E-state index contributed by atoms with van der Waals surface area (Å²) >= 11 is 0. The Morgan fingerprint density at radius 3 is 2.61 bits per heavy atom. The Balaban J connectivity index is 0.00000125. The van der Waals surface area contributed by atoms with Crippen LogP contribution in [0.25, 0.3) is 16.8 Å². The minimum atomic E-state index is -0.133. The van der Waals surface area contributed by atoms with Crippen LogP contribution in [0.2, 0.25) is 0 Å². The minimum absolute atomic E-state index is 0.0497. The normalized spacial score (nSPS) is 11.7. The zero-order valence-corrected chi connectivity index (χ0v) is 20.2. The molecule has 2 aromatic rings. The van der Waals surface area contributed by atoms with Gasteiger partial charge in [0.2, 0.25) is 0 Å². The summed E-state index contributed by atoms with van der Waals surface area (Å²) in [6, 6.07) is 9.20. The van der Waals surface area contributed by atoms with Crippen molar-refractivity contribution in [3.8, 4) is 11.3 Å². The number of nitrogens with one attached hydrogen (secondary N) is 1. The third-order valence-corrected chi connectivity index (χ3v) is 4.54. The van der Waals surface area contributed by atoms with Crippen molar-refractivity contribution in [2.75, 3.05) is 34.4 Å². The van der Waals surface area contributed by atoms with Gasteiger partial charge in [0, 0.05) is 24.2 Å². The van der Waals surface area contributed by atoms with E-state index >= 15 is 0 Å². The summed E-state index contributed by atoms with van der Waals surface area (Å²) in [4.78, 5) is 29.3. The largest absolute Gasteiger partial charge is 0.380 e. The number of nitrogens with zero attached hydrogens (tertiary/aromatic N) is 3. The van der Waals surface area contributed by atoms with E-state index in [1.807, 2.05) is 57.2 Å². The topological polar surface area (TPSA) is 88.3 Å². The lowest BCUT2D eigenvalue weighted by atomic mass is 9.90. The summed E-state index contributed by atoms with van der Waals surface area (Å²) < 4.78 is 6.83. The predicted octanol–water partition coefficient (Wildman–Crippen LogP) is 3.94. The van der Waals surface area contributed by atoms with E-state index in [0.29, 0.717) is 38.3 Å². The van der Waals surface area contributed by atoms with E-state index in [1.54, 1.807) is 12.4 Å². The molecular formula is C26H36N4O3. The molecule has 0 amide bonds. The van der Waals surface area contributed by atoms with Crippen LogP contribution in [-0.2, 0) is 16.1 Å². The van der Waals surface area contributed by atoms with Crippen molar-refractivity contribution in [3.63, 3.8) is 0 Å². The second-order valence-electron chi connectivity index (χ2n) is 7.92. The molecule has 0 saturated carbocycles. The summed E-state index contributed by atoms with van der Waals surface area (Å²) in [7, 11) is 6.00. The highest BCUT2D eigenvalue weighted by atomic mass is 16.5. The molecule has 0 saturated heterocycles. The molecule has 1 heterocycles. The molecule has 1 aromatic heterocycles. The van der Waals surface area contributed by atoms with Crippen LogP contribution in [0.3, 0.4) is 0 Å². The summed E-state index contributed by atoms with van der Waals surface area (Å²) in [6.45, 7) is 7.64. The molecule has 1 N–H and O–H groups in total. The lowest BCUT2D eigenvalue weighted by molar-refractivity contribution is -0.104. The molecule has 0 radical (unpaired) electrons. The summed E-state index contributed by atoms with van der Waals surface area (Å²) in [6.07, 6.45) is 8.02. The number of hydrogen-bond acceptors (Lipinski definition) is 6. The van der Waals surface area contributed by atoms with Crippen LogP contribution in [0.1, 0.15) is 25.3 Å². The molecule has 178 valence electrons. The number of allylic oxidation sites excluding steroid dienone is 3. The van der Waals surface area contributed by atoms with E-state index in [9.17, 15) is 9.59 Å². The molecule has 0 fully saturated rings. The highest BCUT2D eigenvalue weighted by Crippen LogP contribution is 2.30. The summed E-state index contributed by atoms with van der Waals surface area (Å²) in [5.41, 5.74) is 3.05. The van der Waals surface area contributed by atoms with Crippen molar-refractivity contribution in [1.82, 2.24) is 14.5 Å². The molecule has 1 unspecified atom stereocenters. The lowest BCUT2D eigenvalue weighted by Gasteiger charge is -2.15. The molecule has 2 rings (SSSR count). The van der Waals surface area contributed by atoms with Gasteiger partial charge in [-0.3, -0.25) is 14.2 Å². The van der Waals surface area contributed by atoms with E-state index in [4.69, 9.17) is 10.1 Å². The van der Waals surface area contributed by atoms with Gasteiger partial charge < -0.3 is 15.0 Å². The van der Waals surface area contributed by atoms with Crippen molar-refractivity contribution in [1.29, 1.82) is 5.41 Å². The van der Waals surface area contributed by atoms with Gasteiger partial charge in [-0.2, -0.15) is 0 Å². The zero-order valence-electron chi connectivity index (χ0n) is 20.2. The summed E-state index contributed by atoms with van der Waals surface area (Å²) in [5, 5.41) is 7.64. The maximum atomic E-state index is 12.4. The Hall–Kier alpha value is -3.16. The number of rotatable bonds is 12. The first-order valence-corrected chi connectivity index (χ1v) is 11.0. The van der Waals surface area contributed by atoms with E-state index in [1.165, 1.54) is 22.9 Å². The zero-order chi connectivity index (χ0) is 24.6. The van der Waals surface area contributed by atoms with Crippen LogP contribution in [0.15, 0.2) is 60.2 Å². The molecular weight excluding hydrogens is 416 g/mol. The molecule has 1 atom stereocenters. The first kappa shape index (κ1) is 27.9. The molecule has 7 nitrogen and oxygen atoms in total. The molecule has 0 aliphatic heterocycles. The van der Waals surface area contributed by atoms with E-state index < -0.39 is 0 Å². The number of hydrogen-bond donors (Lipinski definition) is 1. The summed E-state index contributed by atoms with van der Waals surface area (Å²) in [5.74, 6) is -0.0497. The monoisotopic (exact) mass is 452 g/mol. The van der Waals surface area contributed by atoms with Crippen LogP contribution >= 0.6 is 0 Å². The fourth-order valence-corrected chi connectivity index (χ4v) is 3.01. The second kappa shape index (κ2) is 15.6. The van der Waals surface area contributed by atoms with Gasteiger partial charge in [-0.15, -0.1) is 0 Å². The van der Waals surface area contributed by atoms with Gasteiger partial charge in [0.05, 0.1) is 25.2 Å². The first-order chi connectivity index (χ1) is 15.8. The van der Waals surface area contributed by atoms with Crippen LogP contribution in [0.5, 0.6) is 0 Å². The molecule has 0 bridgehead atoms. The Morgan fingerprint density at radius 2 is 2.00 bits per heavy atom. The van der Waals surface area contributed by atoms with E-state index in [0.717, 1.165) is 23.0 Å². The maximum Gasteiger partial charge on any atom is 0.253 e. The first-order valence-electron chi connectivity index (χ1n) is 11.0. The number of carbonyl (C=O) groups excluding carboxylic acids is 1. The van der Waals surface area contributed by atoms with Crippen molar-refractivity contribution in [2.24, 2.45) is 5.92 Å². The maximum absolute atomic E-state index is 12.4. The molecule has 7 heteroatoms. The Labute approximate surface area is 196 Å². The van der Waals surface area contributed by atoms with Crippen LogP contribution in [-0.4, -0.2) is 61.3 Å². The van der Waals surface area contributed by atoms with Crippen LogP contribution < -0.4 is 5.56 Å². The van der Waals surface area contributed by atoms with Gasteiger partial charge in [0.25, 0.3) is 5.56 Å². The van der Waals surface area contributed by atoms with Gasteiger partial charge in [-0.25, -0.2) is 4.98 Å². The molecule has 0 aliphatic carbocycles. The Kier molecular flexibility index (Phi) is 13.2. The quantitative estimate of drug-likeness (QED) is 0.228. The number of ether oxygens (including phenoxy) is 1. The van der Waals surface area contributed by atoms with Gasteiger partial charge in [0.15, 0.2) is 0 Å². The SMILES string of the molecule is C=C(CC(C=N)C/C=C/C=O)c1ccccc1-c1cc(=O)n(CCOCC)cn1.CN(C)C. The average Bonchev–Trinajstić information content (AvgIpc) is 2.79. The lowest BCUT2D eigenvalue weighted by Crippen LogP contribution is -2.22. The van der Waals surface area contributed by atoms with Crippen molar-refractivity contribution in [2.45, 2.75) is 26.3 Å². The second-order valence-corrected chi connectivity index (χ2v) is 7.92. The minimum Gasteiger partial charge on any atom is -0.380 e. The Bertz CT molecular complexity index is 977. The number of carbonyl (C=O) groups is 1. The van der Waals surface area contributed by atoms with Crippen LogP contribution in [0, 0.1) is 11.3 Å². The number of aromatic nitrogens is 2. The third-order valence-electron chi connectivity index (χ3n) is 4.54. The van der Waals surface area contributed by atoms with Gasteiger partial charge >= 0.3 is 0 Å². The fourth-order valence-electron chi connectivity index (χ4n) is 3.01. The smallest absolute Gasteiger partial charge is 0.253 e. The molecule has 33 heavy (non-hydrogen) atoms. The number of aldehydes is 1. The average molecular weight is 453 g/mol. The van der Waals surface area contributed by atoms with Crippen molar-refractivity contribution >= 4 is 18.1 Å². The van der Waals surface area contributed by atoms with Crippen molar-refractivity contribution in [3.05, 3.63) is 71.3 Å². The number of benzene rings is 1.